The van der Waals surface area contributed by atoms with Crippen LogP contribution in [-0.4, -0.2) is 43.5 Å². The number of methoxy groups -OCH3 is 1. The first-order valence-corrected chi connectivity index (χ1v) is 10.1. The van der Waals surface area contributed by atoms with E-state index in [9.17, 15) is 9.59 Å². The molecule has 6 heteroatoms. The van der Waals surface area contributed by atoms with Crippen molar-refractivity contribution in [1.82, 2.24) is 10.2 Å². The molecule has 6 nitrogen and oxygen atoms in total. The molecule has 0 radical (unpaired) electrons. The third-order valence-corrected chi connectivity index (χ3v) is 5.26. The number of ether oxygens (including phenoxy) is 1. The predicted molar refractivity (Wildman–Crippen MR) is 114 cm³/mol. The largest absolute Gasteiger partial charge is 0.497 e. The maximum absolute atomic E-state index is 12.7. The first-order chi connectivity index (χ1) is 14.1. The normalized spacial score (nSPS) is 15.4. The molecule has 29 heavy (non-hydrogen) atoms. The highest BCUT2D eigenvalue weighted by molar-refractivity contribution is 5.95. The molecule has 2 aromatic carbocycles. The summed E-state index contributed by atoms with van der Waals surface area (Å²) in [7, 11) is 1.66. The highest BCUT2D eigenvalue weighted by Gasteiger charge is 2.23. The molecule has 1 saturated heterocycles. The topological polar surface area (TPSA) is 70.7 Å². The van der Waals surface area contributed by atoms with Gasteiger partial charge in [-0.05, 0) is 67.9 Å². The van der Waals surface area contributed by atoms with Gasteiger partial charge in [-0.3, -0.25) is 14.5 Å². The Kier molecular flexibility index (Phi) is 7.25. The van der Waals surface area contributed by atoms with E-state index in [1.54, 1.807) is 31.4 Å². The molecule has 2 amide bonds. The number of anilines is 1. The maximum atomic E-state index is 12.7. The van der Waals surface area contributed by atoms with E-state index < -0.39 is 0 Å². The minimum Gasteiger partial charge on any atom is -0.497 e. The fourth-order valence-electron chi connectivity index (χ4n) is 3.71. The quantitative estimate of drug-likeness (QED) is 0.751. The number of nitrogens with one attached hydrogen (secondary N) is 2. The Hall–Kier alpha value is -2.86. The highest BCUT2D eigenvalue weighted by Crippen LogP contribution is 2.26. The van der Waals surface area contributed by atoms with E-state index in [1.807, 2.05) is 12.1 Å². The van der Waals surface area contributed by atoms with Gasteiger partial charge in [-0.15, -0.1) is 0 Å². The van der Waals surface area contributed by atoms with Crippen LogP contribution in [0.2, 0.25) is 0 Å². The van der Waals surface area contributed by atoms with Crippen molar-refractivity contribution in [1.29, 1.82) is 0 Å². The van der Waals surface area contributed by atoms with E-state index in [0.29, 0.717) is 17.8 Å². The first kappa shape index (κ1) is 20.9. The van der Waals surface area contributed by atoms with Gasteiger partial charge in [0.05, 0.1) is 13.2 Å². The molecule has 154 valence electrons. The lowest BCUT2D eigenvalue weighted by Crippen LogP contribution is -2.40. The molecular weight excluding hydrogens is 366 g/mol. The lowest BCUT2D eigenvalue weighted by molar-refractivity contribution is -0.114. The number of rotatable bonds is 7. The fraction of sp³-hybridized carbons (Fsp3) is 0.391. The van der Waals surface area contributed by atoms with Crippen LogP contribution in [-0.2, 0) is 4.79 Å². The van der Waals surface area contributed by atoms with Gasteiger partial charge in [-0.1, -0.05) is 18.6 Å². The number of piperidine rings is 1. The fourth-order valence-corrected chi connectivity index (χ4v) is 3.71. The van der Waals surface area contributed by atoms with Gasteiger partial charge in [0.15, 0.2) is 0 Å². The van der Waals surface area contributed by atoms with Gasteiger partial charge in [0.25, 0.3) is 5.91 Å². The van der Waals surface area contributed by atoms with E-state index in [1.165, 1.54) is 31.7 Å². The van der Waals surface area contributed by atoms with Gasteiger partial charge in [-0.25, -0.2) is 0 Å². The Balaban J connectivity index is 1.68. The average Bonchev–Trinajstić information content (AvgIpc) is 2.75. The molecule has 0 spiro atoms. The van der Waals surface area contributed by atoms with Crippen LogP contribution < -0.4 is 15.4 Å². The molecule has 1 heterocycles. The van der Waals surface area contributed by atoms with E-state index in [0.717, 1.165) is 18.8 Å². The molecule has 0 aliphatic carbocycles. The second kappa shape index (κ2) is 10.1. The Morgan fingerprint density at radius 3 is 2.24 bits per heavy atom. The number of hydrogen-bond donors (Lipinski definition) is 2. The lowest BCUT2D eigenvalue weighted by atomic mass is 10.0. The summed E-state index contributed by atoms with van der Waals surface area (Å²) in [5.74, 6) is 0.579. The standard InChI is InChI=1S/C23H29N3O3/c1-17(27)25-20-10-6-19(7-11-20)23(28)24-16-22(26-14-4-3-5-15-26)18-8-12-21(29-2)13-9-18/h6-13,22H,3-5,14-16H2,1-2H3,(H,24,28)(H,25,27)/t22-/m1/s1. The molecule has 0 unspecified atom stereocenters. The van der Waals surface area contributed by atoms with Gasteiger partial charge in [0, 0.05) is 24.7 Å². The van der Waals surface area contributed by atoms with E-state index in [4.69, 9.17) is 4.74 Å². The van der Waals surface area contributed by atoms with Crippen LogP contribution in [0.5, 0.6) is 5.75 Å². The van der Waals surface area contributed by atoms with E-state index >= 15 is 0 Å². The van der Waals surface area contributed by atoms with Gasteiger partial charge in [0.2, 0.25) is 5.91 Å². The number of benzene rings is 2. The zero-order chi connectivity index (χ0) is 20.6. The molecular formula is C23H29N3O3. The lowest BCUT2D eigenvalue weighted by Gasteiger charge is -2.35. The molecule has 0 saturated carbocycles. The van der Waals surface area contributed by atoms with Gasteiger partial charge < -0.3 is 15.4 Å². The van der Waals surface area contributed by atoms with Crippen molar-refractivity contribution in [3.63, 3.8) is 0 Å². The Labute approximate surface area is 172 Å². The van der Waals surface area contributed by atoms with Gasteiger partial charge in [0.1, 0.15) is 5.75 Å². The zero-order valence-electron chi connectivity index (χ0n) is 17.1. The summed E-state index contributed by atoms with van der Waals surface area (Å²) in [6, 6.07) is 15.1. The third-order valence-electron chi connectivity index (χ3n) is 5.26. The van der Waals surface area contributed by atoms with Crippen LogP contribution in [0.1, 0.15) is 48.1 Å². The van der Waals surface area contributed by atoms with Crippen molar-refractivity contribution in [2.45, 2.75) is 32.2 Å². The maximum Gasteiger partial charge on any atom is 0.251 e. The van der Waals surface area contributed by atoms with Crippen molar-refractivity contribution in [3.05, 3.63) is 59.7 Å². The summed E-state index contributed by atoms with van der Waals surface area (Å²) >= 11 is 0. The number of carbonyl (C=O) groups excluding carboxylic acids is 2. The molecule has 1 fully saturated rings. The summed E-state index contributed by atoms with van der Waals surface area (Å²) in [4.78, 5) is 26.2. The Bertz CT molecular complexity index is 812. The highest BCUT2D eigenvalue weighted by atomic mass is 16.5. The van der Waals surface area contributed by atoms with Crippen LogP contribution in [0.15, 0.2) is 48.5 Å². The molecule has 2 N–H and O–H groups in total. The zero-order valence-corrected chi connectivity index (χ0v) is 17.1. The summed E-state index contributed by atoms with van der Waals surface area (Å²) in [5, 5.41) is 5.79. The van der Waals surface area contributed by atoms with Crippen molar-refractivity contribution in [3.8, 4) is 5.75 Å². The van der Waals surface area contributed by atoms with Crippen molar-refractivity contribution < 1.29 is 14.3 Å². The molecule has 1 atom stereocenters. The number of amides is 2. The smallest absolute Gasteiger partial charge is 0.251 e. The molecule has 2 aromatic rings. The number of carbonyl (C=O) groups is 2. The average molecular weight is 396 g/mol. The molecule has 3 rings (SSSR count). The summed E-state index contributed by atoms with van der Waals surface area (Å²) in [5.41, 5.74) is 2.43. The predicted octanol–water partition coefficient (Wildman–Crippen LogP) is 3.61. The number of likely N-dealkylation sites (tertiary alicyclic amines) is 1. The monoisotopic (exact) mass is 395 g/mol. The number of nitrogens with zero attached hydrogens (tertiary/aromatic N) is 1. The molecule has 1 aliphatic heterocycles. The minimum absolute atomic E-state index is 0.116. The van der Waals surface area contributed by atoms with Crippen LogP contribution in [0.25, 0.3) is 0 Å². The van der Waals surface area contributed by atoms with Crippen molar-refractivity contribution in [2.24, 2.45) is 0 Å². The van der Waals surface area contributed by atoms with Crippen molar-refractivity contribution >= 4 is 17.5 Å². The van der Waals surface area contributed by atoms with Crippen LogP contribution in [0.3, 0.4) is 0 Å². The first-order valence-electron chi connectivity index (χ1n) is 10.1. The second-order valence-electron chi connectivity index (χ2n) is 7.35. The van der Waals surface area contributed by atoms with E-state index in [2.05, 4.69) is 27.7 Å². The van der Waals surface area contributed by atoms with Crippen molar-refractivity contribution in [2.75, 3.05) is 32.1 Å². The SMILES string of the molecule is COc1ccc([C@@H](CNC(=O)c2ccc(NC(C)=O)cc2)N2CCCCC2)cc1. The van der Waals surface area contributed by atoms with Crippen LogP contribution in [0, 0.1) is 0 Å². The Morgan fingerprint density at radius 2 is 1.66 bits per heavy atom. The van der Waals surface area contributed by atoms with E-state index in [-0.39, 0.29) is 17.9 Å². The summed E-state index contributed by atoms with van der Waals surface area (Å²) in [6.07, 6.45) is 3.63. The molecule has 0 aromatic heterocycles. The van der Waals surface area contributed by atoms with Gasteiger partial charge >= 0.3 is 0 Å². The molecule has 0 bridgehead atoms. The second-order valence-corrected chi connectivity index (χ2v) is 7.35. The number of hydrogen-bond acceptors (Lipinski definition) is 4. The molecule has 1 aliphatic rings. The third kappa shape index (κ3) is 5.81. The van der Waals surface area contributed by atoms with Gasteiger partial charge in [-0.2, -0.15) is 0 Å². The summed E-state index contributed by atoms with van der Waals surface area (Å²) < 4.78 is 5.27. The van der Waals surface area contributed by atoms with Crippen LogP contribution in [0.4, 0.5) is 5.69 Å². The van der Waals surface area contributed by atoms with Crippen LogP contribution >= 0.6 is 0 Å². The summed E-state index contributed by atoms with van der Waals surface area (Å²) in [6.45, 7) is 4.08. The Morgan fingerprint density at radius 1 is 1.00 bits per heavy atom. The minimum atomic E-state index is -0.133.